The predicted molar refractivity (Wildman–Crippen MR) is 120 cm³/mol. The Kier molecular flexibility index (Phi) is 11.1. The first-order chi connectivity index (χ1) is 14.8. The number of benzene rings is 1. The van der Waals surface area contributed by atoms with Crippen LogP contribution in [0.15, 0.2) is 48.6 Å². The lowest BCUT2D eigenvalue weighted by molar-refractivity contribution is -0.147. The smallest absolute Gasteiger partial charge is 0.306 e. The summed E-state index contributed by atoms with van der Waals surface area (Å²) in [6.07, 6.45) is 8.28. The summed E-state index contributed by atoms with van der Waals surface area (Å²) in [5.74, 6) is 0.332. The van der Waals surface area contributed by atoms with Crippen LogP contribution in [0, 0.1) is 5.92 Å². The predicted octanol–water partition coefficient (Wildman–Crippen LogP) is 4.08. The van der Waals surface area contributed by atoms with E-state index in [1.54, 1.807) is 36.4 Å². The number of carbonyl (C=O) groups excluding carboxylic acids is 1. The van der Waals surface area contributed by atoms with Crippen molar-refractivity contribution in [3.8, 4) is 5.75 Å². The van der Waals surface area contributed by atoms with Crippen molar-refractivity contribution in [1.29, 1.82) is 0 Å². The van der Waals surface area contributed by atoms with Crippen LogP contribution in [0.4, 0.5) is 0 Å². The zero-order valence-electron chi connectivity index (χ0n) is 18.2. The maximum atomic E-state index is 11.5. The van der Waals surface area contributed by atoms with Crippen molar-refractivity contribution < 1.29 is 29.2 Å². The second kappa shape index (κ2) is 13.5. The Bertz CT molecular complexity index is 733. The van der Waals surface area contributed by atoms with Crippen LogP contribution in [0.3, 0.4) is 0 Å². The van der Waals surface area contributed by atoms with Gasteiger partial charge in [0.2, 0.25) is 0 Å². The molecule has 1 heterocycles. The van der Waals surface area contributed by atoms with E-state index in [4.69, 9.17) is 25.8 Å². The summed E-state index contributed by atoms with van der Waals surface area (Å²) in [5, 5.41) is 20.9. The van der Waals surface area contributed by atoms with E-state index in [1.165, 1.54) is 0 Å². The van der Waals surface area contributed by atoms with Crippen molar-refractivity contribution in [2.75, 3.05) is 13.2 Å². The average molecular weight is 453 g/mol. The number of aliphatic hydroxyl groups excluding tert-OH is 2. The first-order valence-electron chi connectivity index (χ1n) is 10.7. The lowest BCUT2D eigenvalue weighted by Crippen LogP contribution is -2.23. The number of unbranched alkanes of at least 4 members (excludes halogenated alkanes) is 1. The molecule has 6 nitrogen and oxygen atoms in total. The van der Waals surface area contributed by atoms with Crippen LogP contribution in [0.2, 0.25) is 5.02 Å². The summed E-state index contributed by atoms with van der Waals surface area (Å²) in [5.41, 5.74) is 0. The molecule has 0 aromatic heterocycles. The molecule has 1 aromatic rings. The summed E-state index contributed by atoms with van der Waals surface area (Å²) in [6.45, 7) is 4.03. The number of aliphatic hydroxyl groups is 2. The van der Waals surface area contributed by atoms with Gasteiger partial charge in [-0.3, -0.25) is 4.79 Å². The van der Waals surface area contributed by atoms with Crippen LogP contribution in [0.25, 0.3) is 0 Å². The van der Waals surface area contributed by atoms with Gasteiger partial charge < -0.3 is 24.4 Å². The van der Waals surface area contributed by atoms with Crippen LogP contribution in [0.5, 0.6) is 5.75 Å². The van der Waals surface area contributed by atoms with E-state index in [1.807, 2.05) is 26.0 Å². The fourth-order valence-corrected chi connectivity index (χ4v) is 3.43. The molecule has 1 aromatic carbocycles. The van der Waals surface area contributed by atoms with Gasteiger partial charge in [-0.25, -0.2) is 0 Å². The minimum atomic E-state index is -0.804. The number of esters is 1. The zero-order valence-corrected chi connectivity index (χ0v) is 18.9. The Balaban J connectivity index is 1.72. The highest BCUT2D eigenvalue weighted by atomic mass is 35.5. The van der Waals surface area contributed by atoms with E-state index >= 15 is 0 Å². The highest BCUT2D eigenvalue weighted by Gasteiger charge is 2.33. The van der Waals surface area contributed by atoms with E-state index in [0.29, 0.717) is 23.6 Å². The first-order valence-corrected chi connectivity index (χ1v) is 11.1. The van der Waals surface area contributed by atoms with Gasteiger partial charge in [-0.05, 0) is 51.3 Å². The lowest BCUT2D eigenvalue weighted by atomic mass is 9.94. The third-order valence-corrected chi connectivity index (χ3v) is 5.04. The lowest BCUT2D eigenvalue weighted by Gasteiger charge is -2.16. The summed E-state index contributed by atoms with van der Waals surface area (Å²) >= 11 is 5.92. The largest absolute Gasteiger partial charge is 0.491 e. The topological polar surface area (TPSA) is 85.2 Å². The summed E-state index contributed by atoms with van der Waals surface area (Å²) in [4.78, 5) is 11.5. The minimum absolute atomic E-state index is 0.0838. The van der Waals surface area contributed by atoms with Crippen LogP contribution in [0.1, 0.15) is 39.5 Å². The van der Waals surface area contributed by atoms with Crippen molar-refractivity contribution in [3.63, 3.8) is 0 Å². The molecule has 0 unspecified atom stereocenters. The number of carbonyl (C=O) groups is 1. The van der Waals surface area contributed by atoms with Crippen molar-refractivity contribution >= 4 is 17.6 Å². The molecule has 2 rings (SSSR count). The fourth-order valence-electron chi connectivity index (χ4n) is 3.25. The van der Waals surface area contributed by atoms with Gasteiger partial charge in [0.25, 0.3) is 0 Å². The monoisotopic (exact) mass is 452 g/mol. The number of hydrogen-bond acceptors (Lipinski definition) is 6. The van der Waals surface area contributed by atoms with E-state index in [9.17, 15) is 15.0 Å². The Morgan fingerprint density at radius 1 is 1.35 bits per heavy atom. The second-order valence-electron chi connectivity index (χ2n) is 7.89. The van der Waals surface area contributed by atoms with Gasteiger partial charge in [0.05, 0.1) is 24.9 Å². The van der Waals surface area contributed by atoms with E-state index in [2.05, 4.69) is 0 Å². The Hall–Kier alpha value is -1.86. The first kappa shape index (κ1) is 25.4. The number of ether oxygens (including phenoxy) is 3. The fraction of sp³-hybridized carbons (Fsp3) is 0.542. The molecular weight excluding hydrogens is 420 g/mol. The molecule has 0 amide bonds. The molecule has 1 fully saturated rings. The molecule has 0 spiro atoms. The van der Waals surface area contributed by atoms with Gasteiger partial charge in [0, 0.05) is 17.4 Å². The standard InChI is InChI=1S/C24H33ClO6/c1-17(2)31-24(28)11-6-4-3-5-10-21-22(27)16-30-23(21)13-12-19(26)15-29-20-9-7-8-18(25)14-20/h3,5,7-9,12-14,17,19,21-23,26-27H,4,6,10-11,15-16H2,1-2H3/t19-,21-,22-,23+/m0/s1. The van der Waals surface area contributed by atoms with E-state index in [0.717, 1.165) is 12.8 Å². The minimum Gasteiger partial charge on any atom is -0.491 e. The van der Waals surface area contributed by atoms with Crippen molar-refractivity contribution in [3.05, 3.63) is 53.6 Å². The van der Waals surface area contributed by atoms with Gasteiger partial charge in [-0.1, -0.05) is 42.0 Å². The highest BCUT2D eigenvalue weighted by Crippen LogP contribution is 2.26. The number of hydrogen-bond donors (Lipinski definition) is 2. The Morgan fingerprint density at radius 2 is 2.16 bits per heavy atom. The Morgan fingerprint density at radius 3 is 2.90 bits per heavy atom. The van der Waals surface area contributed by atoms with Crippen LogP contribution in [-0.4, -0.2) is 53.8 Å². The molecule has 0 radical (unpaired) electrons. The third-order valence-electron chi connectivity index (χ3n) is 4.81. The number of rotatable bonds is 12. The molecule has 0 saturated carbocycles. The SMILES string of the molecule is CC(C)OC(=O)CCCC=CC[C@H]1[C@@H](O)CO[C@@H]1C=C[C@H](O)COc1cccc(Cl)c1. The molecule has 172 valence electrons. The average Bonchev–Trinajstić information content (AvgIpc) is 3.06. The van der Waals surface area contributed by atoms with Crippen LogP contribution < -0.4 is 4.74 Å². The van der Waals surface area contributed by atoms with Gasteiger partial charge in [-0.2, -0.15) is 0 Å². The van der Waals surface area contributed by atoms with E-state index in [-0.39, 0.29) is 37.3 Å². The normalized spacial score (nSPS) is 22.5. The molecule has 7 heteroatoms. The molecule has 4 atom stereocenters. The van der Waals surface area contributed by atoms with Crippen LogP contribution >= 0.6 is 11.6 Å². The molecule has 1 saturated heterocycles. The van der Waals surface area contributed by atoms with Crippen molar-refractivity contribution in [2.45, 2.75) is 63.9 Å². The molecule has 1 aliphatic heterocycles. The summed E-state index contributed by atoms with van der Waals surface area (Å²) in [7, 11) is 0. The van der Waals surface area contributed by atoms with Crippen molar-refractivity contribution in [1.82, 2.24) is 0 Å². The highest BCUT2D eigenvalue weighted by molar-refractivity contribution is 6.30. The van der Waals surface area contributed by atoms with E-state index < -0.39 is 12.2 Å². The number of allylic oxidation sites excluding steroid dienone is 2. The summed E-state index contributed by atoms with van der Waals surface area (Å²) in [6, 6.07) is 6.99. The quantitative estimate of drug-likeness (QED) is 0.282. The molecule has 1 aliphatic rings. The van der Waals surface area contributed by atoms with Gasteiger partial charge in [-0.15, -0.1) is 0 Å². The Labute approximate surface area is 189 Å². The van der Waals surface area contributed by atoms with Crippen molar-refractivity contribution in [2.24, 2.45) is 5.92 Å². The van der Waals surface area contributed by atoms with Crippen LogP contribution in [-0.2, 0) is 14.3 Å². The van der Waals surface area contributed by atoms with Gasteiger partial charge >= 0.3 is 5.97 Å². The molecule has 31 heavy (non-hydrogen) atoms. The summed E-state index contributed by atoms with van der Waals surface area (Å²) < 4.78 is 16.3. The second-order valence-corrected chi connectivity index (χ2v) is 8.32. The molecule has 0 aliphatic carbocycles. The molecular formula is C24H33ClO6. The molecule has 0 bridgehead atoms. The maximum Gasteiger partial charge on any atom is 0.306 e. The molecule has 2 N–H and O–H groups in total. The third kappa shape index (κ3) is 9.87. The van der Waals surface area contributed by atoms with Gasteiger partial charge in [0.1, 0.15) is 18.5 Å². The maximum absolute atomic E-state index is 11.5. The van der Waals surface area contributed by atoms with Gasteiger partial charge in [0.15, 0.2) is 0 Å². The zero-order chi connectivity index (χ0) is 22.6. The number of halogens is 1.